The number of nitrogens with zero attached hydrogens (tertiary/aromatic N) is 2. The van der Waals surface area contributed by atoms with Crippen LogP contribution in [0.1, 0.15) is 47.4 Å². The largest absolute Gasteiger partial charge is 0.396 e. The Labute approximate surface area is 143 Å². The summed E-state index contributed by atoms with van der Waals surface area (Å²) in [7, 11) is 0. The van der Waals surface area contributed by atoms with Gasteiger partial charge in [-0.05, 0) is 50.3 Å². The Bertz CT molecular complexity index is 719. The molecule has 1 heterocycles. The summed E-state index contributed by atoms with van der Waals surface area (Å²) < 4.78 is 1.81. The summed E-state index contributed by atoms with van der Waals surface area (Å²) in [5.41, 5.74) is 4.63. The second kappa shape index (κ2) is 7.62. The van der Waals surface area contributed by atoms with Crippen molar-refractivity contribution in [2.45, 2.75) is 47.1 Å². The van der Waals surface area contributed by atoms with Crippen molar-refractivity contribution < 1.29 is 9.90 Å². The van der Waals surface area contributed by atoms with Crippen LogP contribution < -0.4 is 5.32 Å². The van der Waals surface area contributed by atoms with Gasteiger partial charge in [-0.3, -0.25) is 4.79 Å². The summed E-state index contributed by atoms with van der Waals surface area (Å²) in [4.78, 5) is 12.6. The molecule has 5 nitrogen and oxygen atoms in total. The van der Waals surface area contributed by atoms with E-state index < -0.39 is 0 Å². The molecule has 1 aromatic carbocycles. The summed E-state index contributed by atoms with van der Waals surface area (Å²) >= 11 is 0. The first-order chi connectivity index (χ1) is 11.3. The molecular formula is C19H27N3O2. The zero-order valence-corrected chi connectivity index (χ0v) is 15.1. The Hall–Kier alpha value is -2.14. The molecule has 2 aromatic rings. The molecule has 0 spiro atoms. The van der Waals surface area contributed by atoms with E-state index in [1.807, 2.05) is 39.3 Å². The Morgan fingerprint density at radius 3 is 2.62 bits per heavy atom. The summed E-state index contributed by atoms with van der Waals surface area (Å²) in [6, 6.07) is 6.14. The van der Waals surface area contributed by atoms with Crippen molar-refractivity contribution in [1.29, 1.82) is 0 Å². The van der Waals surface area contributed by atoms with Gasteiger partial charge in [0.05, 0.1) is 23.1 Å². The molecular weight excluding hydrogens is 302 g/mol. The van der Waals surface area contributed by atoms with Crippen LogP contribution in [-0.2, 0) is 0 Å². The van der Waals surface area contributed by atoms with Gasteiger partial charge >= 0.3 is 0 Å². The van der Waals surface area contributed by atoms with Gasteiger partial charge in [0.25, 0.3) is 5.91 Å². The lowest BCUT2D eigenvalue weighted by Gasteiger charge is -2.21. The highest BCUT2D eigenvalue weighted by atomic mass is 16.3. The maximum atomic E-state index is 12.6. The van der Waals surface area contributed by atoms with E-state index in [0.717, 1.165) is 22.5 Å². The molecule has 0 saturated heterocycles. The molecule has 0 saturated carbocycles. The highest BCUT2D eigenvalue weighted by Crippen LogP contribution is 2.19. The average molecular weight is 329 g/mol. The summed E-state index contributed by atoms with van der Waals surface area (Å²) in [6.07, 6.45) is 2.16. The Kier molecular flexibility index (Phi) is 5.78. The van der Waals surface area contributed by atoms with Gasteiger partial charge in [0, 0.05) is 12.6 Å². The average Bonchev–Trinajstić information content (AvgIpc) is 2.90. The number of aromatic nitrogens is 2. The molecule has 0 bridgehead atoms. The van der Waals surface area contributed by atoms with Crippen molar-refractivity contribution >= 4 is 5.91 Å². The van der Waals surface area contributed by atoms with Crippen molar-refractivity contribution in [3.63, 3.8) is 0 Å². The van der Waals surface area contributed by atoms with Crippen molar-refractivity contribution in [2.75, 3.05) is 6.61 Å². The number of rotatable bonds is 6. The van der Waals surface area contributed by atoms with Crippen LogP contribution in [0.3, 0.4) is 0 Å². The standard InChI is InChI=1S/C19H27N3O2/c1-12(2)17(8-9-23)21-19(24)16-11-20-22(15(16)5)18-10-13(3)6-7-14(18)4/h6-7,10-12,17,23H,8-9H2,1-5H3,(H,21,24). The van der Waals surface area contributed by atoms with Crippen LogP contribution in [0.25, 0.3) is 5.69 Å². The molecule has 0 aliphatic heterocycles. The fourth-order valence-corrected chi connectivity index (χ4v) is 2.78. The third kappa shape index (κ3) is 3.85. The first kappa shape index (κ1) is 18.2. The SMILES string of the molecule is Cc1ccc(C)c(-n2ncc(C(=O)NC(CCO)C(C)C)c2C)c1. The van der Waals surface area contributed by atoms with Gasteiger partial charge in [0.15, 0.2) is 0 Å². The van der Waals surface area contributed by atoms with Gasteiger partial charge in [0.1, 0.15) is 0 Å². The van der Waals surface area contributed by atoms with E-state index in [0.29, 0.717) is 12.0 Å². The number of benzene rings is 1. The van der Waals surface area contributed by atoms with Crippen LogP contribution >= 0.6 is 0 Å². The minimum atomic E-state index is -0.142. The molecule has 24 heavy (non-hydrogen) atoms. The monoisotopic (exact) mass is 329 g/mol. The molecule has 5 heteroatoms. The number of amides is 1. The molecule has 2 N–H and O–H groups in total. The third-order valence-corrected chi connectivity index (χ3v) is 4.41. The lowest BCUT2D eigenvalue weighted by Crippen LogP contribution is -2.39. The van der Waals surface area contributed by atoms with E-state index in [2.05, 4.69) is 28.6 Å². The lowest BCUT2D eigenvalue weighted by atomic mass is 10.0. The van der Waals surface area contributed by atoms with Crippen molar-refractivity contribution in [2.24, 2.45) is 5.92 Å². The highest BCUT2D eigenvalue weighted by molar-refractivity contribution is 5.95. The lowest BCUT2D eigenvalue weighted by molar-refractivity contribution is 0.0916. The highest BCUT2D eigenvalue weighted by Gasteiger charge is 2.20. The number of carbonyl (C=O) groups is 1. The van der Waals surface area contributed by atoms with Gasteiger partial charge in [-0.1, -0.05) is 26.0 Å². The van der Waals surface area contributed by atoms with E-state index >= 15 is 0 Å². The van der Waals surface area contributed by atoms with E-state index in [1.165, 1.54) is 0 Å². The number of hydrogen-bond donors (Lipinski definition) is 2. The smallest absolute Gasteiger partial charge is 0.254 e. The van der Waals surface area contributed by atoms with Crippen molar-refractivity contribution in [1.82, 2.24) is 15.1 Å². The molecule has 1 aromatic heterocycles. The molecule has 0 fully saturated rings. The van der Waals surface area contributed by atoms with Gasteiger partial charge in [-0.2, -0.15) is 5.10 Å². The third-order valence-electron chi connectivity index (χ3n) is 4.41. The molecule has 130 valence electrons. The van der Waals surface area contributed by atoms with Gasteiger partial charge < -0.3 is 10.4 Å². The van der Waals surface area contributed by atoms with Gasteiger partial charge in [-0.15, -0.1) is 0 Å². The Morgan fingerprint density at radius 2 is 2.00 bits per heavy atom. The molecule has 2 rings (SSSR count). The second-order valence-electron chi connectivity index (χ2n) is 6.68. The molecule has 1 amide bonds. The van der Waals surface area contributed by atoms with E-state index in [4.69, 9.17) is 5.11 Å². The predicted octanol–water partition coefficient (Wildman–Crippen LogP) is 2.93. The first-order valence-corrected chi connectivity index (χ1v) is 8.39. The minimum absolute atomic E-state index is 0.0500. The Morgan fingerprint density at radius 1 is 1.29 bits per heavy atom. The first-order valence-electron chi connectivity index (χ1n) is 8.39. The molecule has 0 aliphatic rings. The van der Waals surface area contributed by atoms with Gasteiger partial charge in [0.2, 0.25) is 0 Å². The van der Waals surface area contributed by atoms with Crippen LogP contribution in [0.2, 0.25) is 0 Å². The fourth-order valence-electron chi connectivity index (χ4n) is 2.78. The maximum absolute atomic E-state index is 12.6. The minimum Gasteiger partial charge on any atom is -0.396 e. The molecule has 0 aliphatic carbocycles. The van der Waals surface area contributed by atoms with Crippen LogP contribution in [-0.4, -0.2) is 33.4 Å². The molecule has 1 atom stereocenters. The van der Waals surface area contributed by atoms with Crippen molar-refractivity contribution in [3.05, 3.63) is 46.8 Å². The zero-order chi connectivity index (χ0) is 17.9. The van der Waals surface area contributed by atoms with Crippen molar-refractivity contribution in [3.8, 4) is 5.69 Å². The predicted molar refractivity (Wildman–Crippen MR) is 95.6 cm³/mol. The number of aliphatic hydroxyl groups is 1. The quantitative estimate of drug-likeness (QED) is 0.856. The number of carbonyl (C=O) groups excluding carboxylic acids is 1. The van der Waals surface area contributed by atoms with Crippen LogP contribution in [0.4, 0.5) is 0 Å². The van der Waals surface area contributed by atoms with Crippen LogP contribution in [0.15, 0.2) is 24.4 Å². The summed E-state index contributed by atoms with van der Waals surface area (Å²) in [5.74, 6) is 0.117. The van der Waals surface area contributed by atoms with E-state index in [-0.39, 0.29) is 24.5 Å². The number of hydrogen-bond acceptors (Lipinski definition) is 3. The second-order valence-corrected chi connectivity index (χ2v) is 6.68. The number of aryl methyl sites for hydroxylation is 2. The van der Waals surface area contributed by atoms with E-state index in [9.17, 15) is 4.79 Å². The molecule has 0 radical (unpaired) electrons. The summed E-state index contributed by atoms with van der Waals surface area (Å²) in [5, 5.41) is 16.6. The molecule has 1 unspecified atom stereocenters. The normalized spacial score (nSPS) is 12.5. The topological polar surface area (TPSA) is 67.2 Å². The Balaban J connectivity index is 2.29. The summed E-state index contributed by atoms with van der Waals surface area (Å²) in [6.45, 7) is 10.1. The van der Waals surface area contributed by atoms with Crippen LogP contribution in [0, 0.1) is 26.7 Å². The van der Waals surface area contributed by atoms with Gasteiger partial charge in [-0.25, -0.2) is 4.68 Å². The van der Waals surface area contributed by atoms with Crippen LogP contribution in [0.5, 0.6) is 0 Å². The number of aliphatic hydroxyl groups excluding tert-OH is 1. The maximum Gasteiger partial charge on any atom is 0.254 e. The zero-order valence-electron chi connectivity index (χ0n) is 15.1. The fraction of sp³-hybridized carbons (Fsp3) is 0.474. The van der Waals surface area contributed by atoms with E-state index in [1.54, 1.807) is 6.20 Å². The number of nitrogens with one attached hydrogen (secondary N) is 1.